The third-order valence-electron chi connectivity index (χ3n) is 6.30. The number of carboxylic acids is 1. The quantitative estimate of drug-likeness (QED) is 0.125. The Balaban J connectivity index is 1.73. The number of phenols is 1. The molecule has 1 heterocycles. The summed E-state index contributed by atoms with van der Waals surface area (Å²) in [5.74, 6) is -3.57. The number of nitrogens with zero attached hydrogens (tertiary/aromatic N) is 1. The zero-order chi connectivity index (χ0) is 29.9. The Labute approximate surface area is 236 Å². The van der Waals surface area contributed by atoms with Gasteiger partial charge in [-0.3, -0.25) is 14.4 Å². The Morgan fingerprint density at radius 3 is 2.07 bits per heavy atom. The van der Waals surface area contributed by atoms with Crippen LogP contribution in [0, 0.1) is 0 Å². The number of hydrogen-bond acceptors (Lipinski definition) is 8. The first-order valence-electron chi connectivity index (χ1n) is 12.9. The summed E-state index contributed by atoms with van der Waals surface area (Å²) >= 11 is 0. The van der Waals surface area contributed by atoms with Crippen LogP contribution in [0.15, 0.2) is 67.1 Å². The van der Waals surface area contributed by atoms with Gasteiger partial charge in [0.1, 0.15) is 23.9 Å². The predicted molar refractivity (Wildman–Crippen MR) is 147 cm³/mol. The summed E-state index contributed by atoms with van der Waals surface area (Å²) in [7, 11) is 0. The number of aliphatic carboxylic acids is 1. The molecule has 2 aromatic carbocycles. The molecule has 41 heavy (non-hydrogen) atoms. The number of aliphatic hydroxyl groups is 1. The first-order valence-corrected chi connectivity index (χ1v) is 12.9. The summed E-state index contributed by atoms with van der Waals surface area (Å²) in [4.78, 5) is 57.8. The third kappa shape index (κ3) is 9.44. The lowest BCUT2D eigenvalue weighted by atomic mass is 10.0. The van der Waals surface area contributed by atoms with Gasteiger partial charge in [-0.05, 0) is 36.6 Å². The fraction of sp³-hybridized carbons (Fsp3) is 0.321. The Hall–Kier alpha value is -4.75. The van der Waals surface area contributed by atoms with E-state index >= 15 is 0 Å². The maximum absolute atomic E-state index is 13.3. The molecular weight excluding hydrogens is 532 g/mol. The highest BCUT2D eigenvalue weighted by Crippen LogP contribution is 2.11. The van der Waals surface area contributed by atoms with Crippen LogP contribution in [0.5, 0.6) is 5.75 Å². The van der Waals surface area contributed by atoms with E-state index in [2.05, 4.69) is 25.9 Å². The molecule has 0 spiro atoms. The summed E-state index contributed by atoms with van der Waals surface area (Å²) in [6, 6.07) is 9.78. The van der Waals surface area contributed by atoms with E-state index in [1.807, 2.05) is 0 Å². The van der Waals surface area contributed by atoms with Crippen LogP contribution in [0.25, 0.3) is 0 Å². The number of benzene rings is 2. The number of aromatic hydroxyl groups is 1. The molecule has 3 rings (SSSR count). The molecule has 3 amide bonds. The number of imidazole rings is 1. The molecule has 1 aromatic heterocycles. The Morgan fingerprint density at radius 1 is 0.854 bits per heavy atom. The van der Waals surface area contributed by atoms with Crippen LogP contribution in [0.4, 0.5) is 0 Å². The average Bonchev–Trinajstić information content (AvgIpc) is 3.45. The second kappa shape index (κ2) is 14.6. The lowest BCUT2D eigenvalue weighted by Gasteiger charge is -2.26. The van der Waals surface area contributed by atoms with Crippen LogP contribution >= 0.6 is 0 Å². The fourth-order valence-electron chi connectivity index (χ4n) is 4.05. The van der Waals surface area contributed by atoms with E-state index in [0.29, 0.717) is 16.8 Å². The van der Waals surface area contributed by atoms with Crippen molar-refractivity contribution in [1.82, 2.24) is 25.9 Å². The minimum Gasteiger partial charge on any atom is -0.508 e. The minimum absolute atomic E-state index is 0.00958. The van der Waals surface area contributed by atoms with E-state index < -0.39 is 54.0 Å². The summed E-state index contributed by atoms with van der Waals surface area (Å²) in [6.45, 7) is 1.30. The number of carboxylic acid groups (broad SMARTS) is 1. The van der Waals surface area contributed by atoms with Gasteiger partial charge in [-0.25, -0.2) is 9.78 Å². The molecule has 0 radical (unpaired) electrons. The van der Waals surface area contributed by atoms with Crippen molar-refractivity contribution in [3.63, 3.8) is 0 Å². The largest absolute Gasteiger partial charge is 0.508 e. The average molecular weight is 567 g/mol. The fourth-order valence-corrected chi connectivity index (χ4v) is 4.05. The zero-order valence-electron chi connectivity index (χ0n) is 22.4. The zero-order valence-corrected chi connectivity index (χ0v) is 22.4. The van der Waals surface area contributed by atoms with Crippen molar-refractivity contribution in [2.75, 3.05) is 0 Å². The third-order valence-corrected chi connectivity index (χ3v) is 6.30. The lowest BCUT2D eigenvalue weighted by Crippen LogP contribution is -2.60. The van der Waals surface area contributed by atoms with Crippen LogP contribution in [0.1, 0.15) is 23.7 Å². The van der Waals surface area contributed by atoms with Crippen LogP contribution in [-0.4, -0.2) is 79.2 Å². The van der Waals surface area contributed by atoms with Gasteiger partial charge in [-0.15, -0.1) is 0 Å². The Morgan fingerprint density at radius 2 is 1.49 bits per heavy atom. The summed E-state index contributed by atoms with van der Waals surface area (Å²) in [6.07, 6.45) is 1.51. The number of H-pyrrole nitrogens is 1. The van der Waals surface area contributed by atoms with Crippen molar-refractivity contribution in [2.24, 2.45) is 5.73 Å². The number of aromatic nitrogens is 2. The molecule has 9 N–H and O–H groups in total. The van der Waals surface area contributed by atoms with Crippen molar-refractivity contribution >= 4 is 23.7 Å². The van der Waals surface area contributed by atoms with Crippen molar-refractivity contribution in [1.29, 1.82) is 0 Å². The highest BCUT2D eigenvalue weighted by Gasteiger charge is 2.32. The summed E-state index contributed by atoms with van der Waals surface area (Å²) in [5, 5.41) is 36.8. The molecule has 0 bridgehead atoms. The number of nitrogens with one attached hydrogen (secondary N) is 4. The van der Waals surface area contributed by atoms with Crippen molar-refractivity contribution in [3.8, 4) is 5.75 Å². The highest BCUT2D eigenvalue weighted by atomic mass is 16.4. The molecule has 5 atom stereocenters. The van der Waals surface area contributed by atoms with Crippen LogP contribution in [0.2, 0.25) is 0 Å². The molecule has 0 saturated carbocycles. The number of hydrogen-bond donors (Lipinski definition) is 8. The molecule has 218 valence electrons. The van der Waals surface area contributed by atoms with E-state index in [-0.39, 0.29) is 25.0 Å². The van der Waals surface area contributed by atoms with Gasteiger partial charge >= 0.3 is 5.97 Å². The maximum Gasteiger partial charge on any atom is 0.326 e. The Kier molecular flexibility index (Phi) is 11.0. The lowest BCUT2D eigenvalue weighted by molar-refractivity contribution is -0.142. The van der Waals surface area contributed by atoms with Crippen molar-refractivity contribution in [3.05, 3.63) is 83.9 Å². The molecule has 13 heteroatoms. The number of phenolic OH excluding ortho intramolecular Hbond substituents is 1. The number of rotatable bonds is 14. The number of carbonyl (C=O) groups excluding carboxylic acids is 3. The van der Waals surface area contributed by atoms with E-state index in [1.54, 1.807) is 42.5 Å². The van der Waals surface area contributed by atoms with Crippen LogP contribution in [-0.2, 0) is 38.4 Å². The van der Waals surface area contributed by atoms with E-state index in [0.717, 1.165) is 0 Å². The topological polar surface area (TPSA) is 220 Å². The van der Waals surface area contributed by atoms with Gasteiger partial charge < -0.3 is 42.0 Å². The van der Waals surface area contributed by atoms with E-state index in [9.17, 15) is 34.5 Å². The number of amides is 3. The van der Waals surface area contributed by atoms with Crippen molar-refractivity contribution < 1.29 is 34.5 Å². The van der Waals surface area contributed by atoms with Gasteiger partial charge in [0, 0.05) is 24.7 Å². The second-order valence-corrected chi connectivity index (χ2v) is 9.64. The molecule has 13 nitrogen and oxygen atoms in total. The van der Waals surface area contributed by atoms with E-state index in [1.165, 1.54) is 31.6 Å². The molecule has 0 aliphatic carbocycles. The standard InChI is InChI=1S/C28H34N6O7/c1-16(35)24(34-25(37)21(29)11-18-7-9-20(36)10-8-18)27(39)32-22(12-17-5-3-2-4-6-17)26(38)33-23(28(40)41)13-19-14-30-15-31-19/h2-10,14-16,21-24,35-36H,11-13,29H2,1H3,(H,30,31)(H,32,39)(H,33,38)(H,34,37)(H,40,41). The number of carbonyl (C=O) groups is 4. The van der Waals surface area contributed by atoms with Gasteiger partial charge in [0.25, 0.3) is 0 Å². The van der Waals surface area contributed by atoms with E-state index in [4.69, 9.17) is 5.73 Å². The molecule has 0 saturated heterocycles. The van der Waals surface area contributed by atoms with Crippen LogP contribution in [0.3, 0.4) is 0 Å². The normalized spacial score (nSPS) is 14.6. The second-order valence-electron chi connectivity index (χ2n) is 9.64. The SMILES string of the molecule is CC(O)C(NC(=O)C(N)Cc1ccc(O)cc1)C(=O)NC(Cc1ccccc1)C(=O)NC(Cc1cnc[nH]1)C(=O)O. The monoisotopic (exact) mass is 566 g/mol. The summed E-state index contributed by atoms with van der Waals surface area (Å²) < 4.78 is 0. The van der Waals surface area contributed by atoms with Gasteiger partial charge in [0.2, 0.25) is 17.7 Å². The van der Waals surface area contributed by atoms with Gasteiger partial charge in [0.05, 0.1) is 18.5 Å². The summed E-state index contributed by atoms with van der Waals surface area (Å²) in [5.41, 5.74) is 7.85. The minimum atomic E-state index is -1.46. The molecule has 0 aliphatic rings. The van der Waals surface area contributed by atoms with Crippen LogP contribution < -0.4 is 21.7 Å². The number of aromatic amines is 1. The van der Waals surface area contributed by atoms with Crippen molar-refractivity contribution in [2.45, 2.75) is 56.5 Å². The number of aliphatic hydroxyl groups excluding tert-OH is 1. The van der Waals surface area contributed by atoms with Gasteiger partial charge in [-0.1, -0.05) is 42.5 Å². The molecule has 0 aliphatic heterocycles. The molecule has 3 aromatic rings. The number of nitrogens with two attached hydrogens (primary N) is 1. The maximum atomic E-state index is 13.3. The Bertz CT molecular complexity index is 1300. The molecule has 0 fully saturated rings. The first kappa shape index (κ1) is 30.8. The first-order chi connectivity index (χ1) is 19.5. The van der Waals surface area contributed by atoms with Gasteiger partial charge in [-0.2, -0.15) is 0 Å². The van der Waals surface area contributed by atoms with Gasteiger partial charge in [0.15, 0.2) is 0 Å². The highest BCUT2D eigenvalue weighted by molar-refractivity contribution is 5.94. The smallest absolute Gasteiger partial charge is 0.326 e. The molecular formula is C28H34N6O7. The predicted octanol–water partition coefficient (Wildman–Crippen LogP) is -0.610. The molecule has 5 unspecified atom stereocenters.